The average molecular weight is 361 g/mol. The molecule has 0 bridgehead atoms. The van der Waals surface area contributed by atoms with Crippen LogP contribution in [0.5, 0.6) is 5.75 Å². The fourth-order valence-corrected chi connectivity index (χ4v) is 3.63. The lowest BCUT2D eigenvalue weighted by molar-refractivity contribution is 0.125. The SMILES string of the molecule is CCc1c(C(C)C)cc(CC(C)(C)C)c(OC(C)(C)C)c1CC(C)(C)C. The van der Waals surface area contributed by atoms with E-state index in [0.29, 0.717) is 5.92 Å². The largest absolute Gasteiger partial charge is 0.488 e. The van der Waals surface area contributed by atoms with Crippen molar-refractivity contribution in [2.45, 2.75) is 114 Å². The number of hydrogen-bond donors (Lipinski definition) is 0. The van der Waals surface area contributed by atoms with E-state index in [-0.39, 0.29) is 16.4 Å². The Kier molecular flexibility index (Phi) is 7.05. The molecule has 0 heterocycles. The second kappa shape index (κ2) is 7.95. The van der Waals surface area contributed by atoms with Crippen LogP contribution in [0.25, 0.3) is 0 Å². The summed E-state index contributed by atoms with van der Waals surface area (Å²) in [6.07, 6.45) is 3.16. The van der Waals surface area contributed by atoms with Crippen LogP contribution < -0.4 is 4.74 Å². The first-order valence-corrected chi connectivity index (χ1v) is 10.4. The van der Waals surface area contributed by atoms with Gasteiger partial charge in [-0.25, -0.2) is 0 Å². The Morgan fingerprint density at radius 1 is 0.808 bits per heavy atom. The molecule has 0 radical (unpaired) electrons. The zero-order valence-corrected chi connectivity index (χ0v) is 19.7. The molecule has 1 nitrogen and oxygen atoms in total. The van der Waals surface area contributed by atoms with Gasteiger partial charge in [0.05, 0.1) is 0 Å². The maximum absolute atomic E-state index is 6.63. The number of hydrogen-bond acceptors (Lipinski definition) is 1. The summed E-state index contributed by atoms with van der Waals surface area (Å²) in [7, 11) is 0. The Balaban J connectivity index is 3.81. The van der Waals surface area contributed by atoms with E-state index in [4.69, 9.17) is 4.74 Å². The fourth-order valence-electron chi connectivity index (χ4n) is 3.63. The molecule has 0 amide bonds. The zero-order chi connectivity index (χ0) is 20.5. The van der Waals surface area contributed by atoms with E-state index in [1.54, 1.807) is 0 Å². The number of rotatable bonds is 5. The maximum Gasteiger partial charge on any atom is 0.126 e. The van der Waals surface area contributed by atoms with Crippen LogP contribution in [0.3, 0.4) is 0 Å². The van der Waals surface area contributed by atoms with Crippen molar-refractivity contribution in [1.29, 1.82) is 0 Å². The minimum absolute atomic E-state index is 0.191. The van der Waals surface area contributed by atoms with E-state index in [9.17, 15) is 0 Å². The summed E-state index contributed by atoms with van der Waals surface area (Å²) in [5, 5.41) is 0. The van der Waals surface area contributed by atoms with E-state index in [2.05, 4.69) is 89.2 Å². The van der Waals surface area contributed by atoms with Crippen molar-refractivity contribution in [1.82, 2.24) is 0 Å². The Hall–Kier alpha value is -0.980. The first-order valence-electron chi connectivity index (χ1n) is 10.4. The highest BCUT2D eigenvalue weighted by atomic mass is 16.5. The maximum atomic E-state index is 6.63. The van der Waals surface area contributed by atoms with Crippen molar-refractivity contribution in [2.75, 3.05) is 0 Å². The van der Waals surface area contributed by atoms with Gasteiger partial charge in [0.25, 0.3) is 0 Å². The smallest absolute Gasteiger partial charge is 0.126 e. The van der Waals surface area contributed by atoms with Crippen molar-refractivity contribution >= 4 is 0 Å². The third-order valence-electron chi connectivity index (χ3n) is 4.42. The van der Waals surface area contributed by atoms with Gasteiger partial charge >= 0.3 is 0 Å². The van der Waals surface area contributed by atoms with E-state index in [1.807, 2.05) is 0 Å². The Morgan fingerprint density at radius 3 is 1.65 bits per heavy atom. The monoisotopic (exact) mass is 360 g/mol. The highest BCUT2D eigenvalue weighted by Crippen LogP contribution is 2.41. The van der Waals surface area contributed by atoms with Crippen molar-refractivity contribution in [3.63, 3.8) is 0 Å². The molecule has 26 heavy (non-hydrogen) atoms. The van der Waals surface area contributed by atoms with Gasteiger partial charge in [-0.1, -0.05) is 68.4 Å². The van der Waals surface area contributed by atoms with E-state index < -0.39 is 0 Å². The van der Waals surface area contributed by atoms with Gasteiger partial charge in [0.2, 0.25) is 0 Å². The molecular weight excluding hydrogens is 316 g/mol. The lowest BCUT2D eigenvalue weighted by Gasteiger charge is -2.33. The molecule has 0 spiro atoms. The summed E-state index contributed by atoms with van der Waals surface area (Å²) >= 11 is 0. The molecule has 1 heteroatoms. The van der Waals surface area contributed by atoms with Crippen LogP contribution in [0, 0.1) is 10.8 Å². The molecule has 0 unspecified atom stereocenters. The van der Waals surface area contributed by atoms with Gasteiger partial charge in [-0.05, 0) is 79.0 Å². The molecule has 1 aromatic carbocycles. The van der Waals surface area contributed by atoms with Crippen LogP contribution in [0.4, 0.5) is 0 Å². The van der Waals surface area contributed by atoms with Crippen LogP contribution in [-0.4, -0.2) is 5.60 Å². The number of benzene rings is 1. The van der Waals surface area contributed by atoms with Crippen LogP contribution in [0.15, 0.2) is 6.07 Å². The van der Waals surface area contributed by atoms with Crippen molar-refractivity contribution in [2.24, 2.45) is 10.8 Å². The second-order valence-electron chi connectivity index (χ2n) is 11.6. The Labute approximate surface area is 163 Å². The Morgan fingerprint density at radius 2 is 1.31 bits per heavy atom. The molecule has 0 fully saturated rings. The molecule has 0 aliphatic rings. The van der Waals surface area contributed by atoms with Crippen LogP contribution in [0.1, 0.15) is 111 Å². The number of ether oxygens (including phenoxy) is 1. The molecule has 0 aromatic heterocycles. The molecule has 0 N–H and O–H groups in total. The summed E-state index contributed by atoms with van der Waals surface area (Å²) in [6.45, 7) is 27.4. The van der Waals surface area contributed by atoms with Crippen LogP contribution in [0.2, 0.25) is 0 Å². The molecule has 0 saturated carbocycles. The summed E-state index contributed by atoms with van der Waals surface area (Å²) in [5.74, 6) is 1.69. The first-order chi connectivity index (χ1) is 11.5. The van der Waals surface area contributed by atoms with E-state index in [1.165, 1.54) is 22.3 Å². The molecule has 0 aliphatic carbocycles. The predicted octanol–water partition coefficient (Wildman–Crippen LogP) is 7.73. The van der Waals surface area contributed by atoms with Gasteiger partial charge in [0, 0.05) is 0 Å². The molecule has 1 rings (SSSR count). The van der Waals surface area contributed by atoms with Gasteiger partial charge in [-0.2, -0.15) is 0 Å². The summed E-state index contributed by atoms with van der Waals surface area (Å²) in [4.78, 5) is 0. The lowest BCUT2D eigenvalue weighted by Crippen LogP contribution is -2.27. The zero-order valence-electron chi connectivity index (χ0n) is 19.7. The van der Waals surface area contributed by atoms with Crippen LogP contribution >= 0.6 is 0 Å². The van der Waals surface area contributed by atoms with E-state index >= 15 is 0 Å². The quantitative estimate of drug-likeness (QED) is 0.522. The first kappa shape index (κ1) is 23.1. The summed E-state index contributed by atoms with van der Waals surface area (Å²) < 4.78 is 6.63. The van der Waals surface area contributed by atoms with Gasteiger partial charge in [-0.15, -0.1) is 0 Å². The van der Waals surface area contributed by atoms with Crippen molar-refractivity contribution in [3.8, 4) is 5.75 Å². The van der Waals surface area contributed by atoms with Gasteiger partial charge in [-0.3, -0.25) is 0 Å². The molecule has 0 atom stereocenters. The molecule has 0 saturated heterocycles. The molecular formula is C25H44O. The third-order valence-corrected chi connectivity index (χ3v) is 4.42. The predicted molar refractivity (Wildman–Crippen MR) is 117 cm³/mol. The van der Waals surface area contributed by atoms with Crippen molar-refractivity contribution in [3.05, 3.63) is 28.3 Å². The average Bonchev–Trinajstić information content (AvgIpc) is 2.37. The minimum atomic E-state index is -0.191. The Bertz CT molecular complexity index is 601. The normalized spacial score (nSPS) is 13.4. The second-order valence-corrected chi connectivity index (χ2v) is 11.6. The van der Waals surface area contributed by atoms with E-state index in [0.717, 1.165) is 25.0 Å². The standard InChI is InChI=1S/C25H44O/c1-13-19-20(17(2)3)14-18(15-23(4,5)6)22(26-25(10,11)12)21(19)16-24(7,8)9/h14,17H,13,15-16H2,1-12H3. The molecule has 0 aliphatic heterocycles. The van der Waals surface area contributed by atoms with Gasteiger partial charge < -0.3 is 4.74 Å². The summed E-state index contributed by atoms with van der Waals surface area (Å²) in [6, 6.07) is 2.45. The topological polar surface area (TPSA) is 9.23 Å². The van der Waals surface area contributed by atoms with Crippen molar-refractivity contribution < 1.29 is 4.74 Å². The molecule has 150 valence electrons. The van der Waals surface area contributed by atoms with Crippen LogP contribution in [-0.2, 0) is 19.3 Å². The minimum Gasteiger partial charge on any atom is -0.488 e. The van der Waals surface area contributed by atoms with Gasteiger partial charge in [0.1, 0.15) is 11.4 Å². The summed E-state index contributed by atoms with van der Waals surface area (Å²) in [5.41, 5.74) is 6.11. The highest BCUT2D eigenvalue weighted by Gasteiger charge is 2.28. The van der Waals surface area contributed by atoms with Gasteiger partial charge in [0.15, 0.2) is 0 Å². The highest BCUT2D eigenvalue weighted by molar-refractivity contribution is 5.53. The third kappa shape index (κ3) is 6.97. The molecule has 1 aromatic rings. The lowest BCUT2D eigenvalue weighted by atomic mass is 9.78. The fraction of sp³-hybridized carbons (Fsp3) is 0.760.